The highest BCUT2D eigenvalue weighted by molar-refractivity contribution is 6.21. The minimum Gasteiger partial charge on any atom is -0.309 e. The van der Waals surface area contributed by atoms with Crippen molar-refractivity contribution in [1.82, 2.24) is 19.1 Å². The molecular weight excluding hydrogens is 681 g/mol. The second kappa shape index (κ2) is 12.0. The average molecular weight is 713 g/mol. The molecule has 0 saturated heterocycles. The predicted octanol–water partition coefficient (Wildman–Crippen LogP) is 13.5. The molecule has 3 aromatic heterocycles. The van der Waals surface area contributed by atoms with Gasteiger partial charge in [0.05, 0.1) is 33.3 Å². The summed E-state index contributed by atoms with van der Waals surface area (Å²) in [6.07, 6.45) is 0. The van der Waals surface area contributed by atoms with Crippen LogP contribution in [-0.2, 0) is 0 Å². The van der Waals surface area contributed by atoms with Crippen LogP contribution in [0.5, 0.6) is 0 Å². The lowest BCUT2D eigenvalue weighted by molar-refractivity contribution is 1.01. The molecule has 4 heteroatoms. The van der Waals surface area contributed by atoms with Gasteiger partial charge in [-0.05, 0) is 93.3 Å². The fourth-order valence-electron chi connectivity index (χ4n) is 8.91. The highest BCUT2D eigenvalue weighted by Gasteiger charge is 2.20. The first-order valence-electron chi connectivity index (χ1n) is 19.1. The molecular formula is C52H32N4. The predicted molar refractivity (Wildman–Crippen MR) is 234 cm³/mol. The molecule has 0 spiro atoms. The second-order valence-corrected chi connectivity index (χ2v) is 14.6. The lowest BCUT2D eigenvalue weighted by Crippen LogP contribution is -2.03. The molecule has 0 saturated carbocycles. The highest BCUT2D eigenvalue weighted by Crippen LogP contribution is 2.40. The van der Waals surface area contributed by atoms with Gasteiger partial charge in [0.25, 0.3) is 0 Å². The Labute approximate surface area is 322 Å². The van der Waals surface area contributed by atoms with Crippen molar-refractivity contribution in [2.45, 2.75) is 0 Å². The summed E-state index contributed by atoms with van der Waals surface area (Å²) in [7, 11) is 0. The van der Waals surface area contributed by atoms with Crippen LogP contribution >= 0.6 is 0 Å². The van der Waals surface area contributed by atoms with E-state index >= 15 is 0 Å². The minimum absolute atomic E-state index is 0.658. The number of fused-ring (bicyclic) bond motifs is 10. The first-order valence-corrected chi connectivity index (χ1v) is 19.1. The van der Waals surface area contributed by atoms with Crippen molar-refractivity contribution in [3.8, 4) is 34.0 Å². The number of aromatic nitrogens is 4. The van der Waals surface area contributed by atoms with Crippen molar-refractivity contribution in [3.05, 3.63) is 194 Å². The van der Waals surface area contributed by atoms with E-state index in [1.165, 1.54) is 59.7 Å². The van der Waals surface area contributed by atoms with Crippen LogP contribution in [0.2, 0.25) is 0 Å². The SMILES string of the molecule is c1ccc(-n2c3ccc(-c4ccc5ccccc5c4)cc3c3cc(-c4nc(-n5c6ccccc6c6c7ccccc7ccc65)nc5ccccc45)ccc32)cc1. The maximum atomic E-state index is 5.48. The third kappa shape index (κ3) is 4.60. The smallest absolute Gasteiger partial charge is 0.235 e. The third-order valence-electron chi connectivity index (χ3n) is 11.5. The summed E-state index contributed by atoms with van der Waals surface area (Å²) in [4.78, 5) is 10.7. The van der Waals surface area contributed by atoms with E-state index in [-0.39, 0.29) is 0 Å². The van der Waals surface area contributed by atoms with E-state index in [0.717, 1.165) is 44.4 Å². The van der Waals surface area contributed by atoms with Crippen LogP contribution in [0.1, 0.15) is 0 Å². The lowest BCUT2D eigenvalue weighted by atomic mass is 9.99. The van der Waals surface area contributed by atoms with E-state index in [2.05, 4.69) is 203 Å². The molecule has 56 heavy (non-hydrogen) atoms. The Kier molecular flexibility index (Phi) is 6.60. The van der Waals surface area contributed by atoms with E-state index in [9.17, 15) is 0 Å². The Morgan fingerprint density at radius 3 is 1.73 bits per heavy atom. The first kappa shape index (κ1) is 30.9. The molecule has 0 aliphatic heterocycles. The van der Waals surface area contributed by atoms with E-state index in [1.54, 1.807) is 0 Å². The molecule has 12 aromatic rings. The van der Waals surface area contributed by atoms with Crippen molar-refractivity contribution < 1.29 is 0 Å². The molecule has 0 N–H and O–H groups in total. The van der Waals surface area contributed by atoms with Crippen LogP contribution in [0, 0.1) is 0 Å². The van der Waals surface area contributed by atoms with E-state index in [4.69, 9.17) is 9.97 Å². The van der Waals surface area contributed by atoms with Gasteiger partial charge in [0.1, 0.15) is 0 Å². The minimum atomic E-state index is 0.658. The maximum absolute atomic E-state index is 5.48. The molecule has 0 radical (unpaired) electrons. The zero-order chi connectivity index (χ0) is 36.7. The molecule has 0 bridgehead atoms. The van der Waals surface area contributed by atoms with Gasteiger partial charge in [-0.25, -0.2) is 9.97 Å². The number of hydrogen-bond donors (Lipinski definition) is 0. The van der Waals surface area contributed by atoms with Crippen molar-refractivity contribution in [3.63, 3.8) is 0 Å². The molecule has 0 fully saturated rings. The number of para-hydroxylation sites is 3. The van der Waals surface area contributed by atoms with Gasteiger partial charge in [-0.15, -0.1) is 0 Å². The Balaban J connectivity index is 1.12. The van der Waals surface area contributed by atoms with Crippen molar-refractivity contribution in [2.24, 2.45) is 0 Å². The molecule has 0 aliphatic rings. The monoisotopic (exact) mass is 712 g/mol. The van der Waals surface area contributed by atoms with Gasteiger partial charge in [0.2, 0.25) is 5.95 Å². The summed E-state index contributed by atoms with van der Waals surface area (Å²) in [6, 6.07) is 69.7. The van der Waals surface area contributed by atoms with Crippen molar-refractivity contribution in [1.29, 1.82) is 0 Å². The van der Waals surface area contributed by atoms with E-state index in [1.807, 2.05) is 0 Å². The van der Waals surface area contributed by atoms with Crippen LogP contribution < -0.4 is 0 Å². The zero-order valence-corrected chi connectivity index (χ0v) is 30.3. The molecule has 3 heterocycles. The van der Waals surface area contributed by atoms with Crippen LogP contribution in [0.4, 0.5) is 0 Å². The number of rotatable bonds is 4. The topological polar surface area (TPSA) is 35.6 Å². The Hall–Kier alpha value is -7.56. The second-order valence-electron chi connectivity index (χ2n) is 14.6. The number of nitrogens with zero attached hydrogens (tertiary/aromatic N) is 4. The van der Waals surface area contributed by atoms with Gasteiger partial charge in [0, 0.05) is 38.2 Å². The van der Waals surface area contributed by atoms with Gasteiger partial charge < -0.3 is 4.57 Å². The molecule has 0 atom stereocenters. The Morgan fingerprint density at radius 2 is 0.893 bits per heavy atom. The van der Waals surface area contributed by atoms with E-state index < -0.39 is 0 Å². The molecule has 0 aliphatic carbocycles. The normalized spacial score (nSPS) is 11.9. The molecule has 0 unspecified atom stereocenters. The zero-order valence-electron chi connectivity index (χ0n) is 30.3. The third-order valence-corrected chi connectivity index (χ3v) is 11.5. The standard InChI is InChI=1S/C52H32N4/c1-2-15-39(16-3-1)55-47-27-25-37(36-23-22-33-12-4-5-14-35(33)30-36)31-43(47)44-32-38(26-28-48(44)55)51-41-18-8-10-20-45(41)53-52(54-51)56-46-21-11-9-19-42(46)50-40-17-7-6-13-34(40)24-29-49(50)56/h1-32H. The van der Waals surface area contributed by atoms with Crippen LogP contribution in [0.25, 0.3) is 110 Å². The number of benzene rings is 9. The quantitative estimate of drug-likeness (QED) is 0.182. The first-order chi connectivity index (χ1) is 27.8. The lowest BCUT2D eigenvalue weighted by Gasteiger charge is -2.12. The molecule has 4 nitrogen and oxygen atoms in total. The largest absolute Gasteiger partial charge is 0.309 e. The summed E-state index contributed by atoms with van der Waals surface area (Å²) < 4.78 is 4.62. The molecule has 0 amide bonds. The van der Waals surface area contributed by atoms with Crippen LogP contribution in [0.15, 0.2) is 194 Å². The van der Waals surface area contributed by atoms with Gasteiger partial charge >= 0.3 is 0 Å². The summed E-state index contributed by atoms with van der Waals surface area (Å²) in [6.45, 7) is 0. The van der Waals surface area contributed by atoms with Gasteiger partial charge in [-0.2, -0.15) is 0 Å². The summed E-state index contributed by atoms with van der Waals surface area (Å²) >= 11 is 0. The highest BCUT2D eigenvalue weighted by atomic mass is 15.2. The summed E-state index contributed by atoms with van der Waals surface area (Å²) in [5, 5.41) is 10.7. The van der Waals surface area contributed by atoms with Crippen LogP contribution in [-0.4, -0.2) is 19.1 Å². The molecule has 12 rings (SSSR count). The van der Waals surface area contributed by atoms with Crippen LogP contribution in [0.3, 0.4) is 0 Å². The average Bonchev–Trinajstić information content (AvgIpc) is 3.78. The van der Waals surface area contributed by atoms with Crippen molar-refractivity contribution >= 4 is 76.1 Å². The maximum Gasteiger partial charge on any atom is 0.235 e. The summed E-state index contributed by atoms with van der Waals surface area (Å²) in [5.74, 6) is 0.658. The molecule has 260 valence electrons. The summed E-state index contributed by atoms with van der Waals surface area (Å²) in [5.41, 5.74) is 10.9. The fourth-order valence-corrected chi connectivity index (χ4v) is 8.91. The fraction of sp³-hybridized carbons (Fsp3) is 0. The van der Waals surface area contributed by atoms with Gasteiger partial charge in [0.15, 0.2) is 0 Å². The molecule has 9 aromatic carbocycles. The Bertz CT molecular complexity index is 3540. The van der Waals surface area contributed by atoms with Gasteiger partial charge in [-0.3, -0.25) is 4.57 Å². The van der Waals surface area contributed by atoms with E-state index in [0.29, 0.717) is 5.95 Å². The van der Waals surface area contributed by atoms with Gasteiger partial charge in [-0.1, -0.05) is 133 Å². The van der Waals surface area contributed by atoms with Crippen molar-refractivity contribution in [2.75, 3.05) is 0 Å². The number of hydrogen-bond acceptors (Lipinski definition) is 2. The Morgan fingerprint density at radius 1 is 0.321 bits per heavy atom.